The lowest BCUT2D eigenvalue weighted by Crippen LogP contribution is -2.38. The van der Waals surface area contributed by atoms with Crippen molar-refractivity contribution in [2.24, 2.45) is 4.99 Å². The molecule has 0 aromatic carbocycles. The van der Waals surface area contributed by atoms with E-state index in [-0.39, 0.29) is 0 Å². The Hall–Kier alpha value is -2.15. The second kappa shape index (κ2) is 9.36. The van der Waals surface area contributed by atoms with Gasteiger partial charge in [-0.25, -0.2) is 9.98 Å². The van der Waals surface area contributed by atoms with E-state index in [4.69, 9.17) is 4.74 Å². The largest absolute Gasteiger partial charge is 0.496 e. The van der Waals surface area contributed by atoms with Gasteiger partial charge in [-0.2, -0.15) is 0 Å². The van der Waals surface area contributed by atoms with E-state index in [1.807, 2.05) is 27.0 Å². The fraction of sp³-hybridized carbons (Fsp3) is 0.500. The summed E-state index contributed by atoms with van der Waals surface area (Å²) in [5.41, 5.74) is 4.12. The van der Waals surface area contributed by atoms with Crippen molar-refractivity contribution < 1.29 is 4.74 Å². The highest BCUT2D eigenvalue weighted by molar-refractivity contribution is 7.09. The number of aromatic nitrogens is 2. The molecular weight excluding hydrogens is 334 g/mol. The predicted octanol–water partition coefficient (Wildman–Crippen LogP) is 2.77. The highest BCUT2D eigenvalue weighted by Crippen LogP contribution is 2.24. The first kappa shape index (κ1) is 19.2. The molecule has 2 aromatic rings. The third-order valence-electron chi connectivity index (χ3n) is 3.82. The summed E-state index contributed by atoms with van der Waals surface area (Å²) in [6.07, 6.45) is 2.71. The lowest BCUT2D eigenvalue weighted by molar-refractivity contribution is 0.407. The van der Waals surface area contributed by atoms with Crippen LogP contribution in [-0.4, -0.2) is 36.1 Å². The molecule has 0 amide bonds. The van der Waals surface area contributed by atoms with Crippen LogP contribution in [-0.2, 0) is 13.0 Å². The van der Waals surface area contributed by atoms with Crippen LogP contribution in [0.15, 0.2) is 16.6 Å². The molecule has 2 N–H and O–H groups in total. The summed E-state index contributed by atoms with van der Waals surface area (Å²) in [4.78, 5) is 13.6. The monoisotopic (exact) mass is 361 g/mol. The zero-order valence-electron chi connectivity index (χ0n) is 15.6. The van der Waals surface area contributed by atoms with Crippen molar-refractivity contribution >= 4 is 17.3 Å². The molecule has 7 heteroatoms. The Labute approximate surface area is 153 Å². The minimum atomic E-state index is 0.508. The average Bonchev–Trinajstić information content (AvgIpc) is 3.00. The van der Waals surface area contributed by atoms with E-state index in [9.17, 15) is 0 Å². The molecule has 0 atom stereocenters. The van der Waals surface area contributed by atoms with Crippen LogP contribution in [0.1, 0.15) is 34.4 Å². The van der Waals surface area contributed by atoms with Crippen LogP contribution in [0.2, 0.25) is 0 Å². The van der Waals surface area contributed by atoms with Crippen molar-refractivity contribution in [2.45, 2.75) is 40.7 Å². The van der Waals surface area contributed by atoms with E-state index in [2.05, 4.69) is 37.9 Å². The maximum atomic E-state index is 5.46. The first-order valence-corrected chi connectivity index (χ1v) is 9.35. The minimum absolute atomic E-state index is 0.508. The van der Waals surface area contributed by atoms with Gasteiger partial charge in [-0.1, -0.05) is 0 Å². The average molecular weight is 362 g/mol. The molecule has 2 rings (SSSR count). The summed E-state index contributed by atoms with van der Waals surface area (Å²) in [5.74, 6) is 1.67. The van der Waals surface area contributed by atoms with Crippen molar-refractivity contribution in [1.29, 1.82) is 0 Å². The molecule has 0 aliphatic carbocycles. The van der Waals surface area contributed by atoms with Crippen LogP contribution in [0.5, 0.6) is 5.75 Å². The van der Waals surface area contributed by atoms with E-state index in [0.29, 0.717) is 6.54 Å². The molecule has 0 aliphatic rings. The third-order valence-corrected chi connectivity index (χ3v) is 4.64. The summed E-state index contributed by atoms with van der Waals surface area (Å²) < 4.78 is 5.46. The van der Waals surface area contributed by atoms with Gasteiger partial charge in [-0.3, -0.25) is 4.98 Å². The van der Waals surface area contributed by atoms with Crippen molar-refractivity contribution in [3.05, 3.63) is 39.1 Å². The van der Waals surface area contributed by atoms with Crippen molar-refractivity contribution in [3.63, 3.8) is 0 Å². The maximum Gasteiger partial charge on any atom is 0.191 e. The number of hydrogen-bond acceptors (Lipinski definition) is 5. The van der Waals surface area contributed by atoms with Crippen LogP contribution >= 0.6 is 11.3 Å². The molecule has 0 unspecified atom stereocenters. The first-order chi connectivity index (χ1) is 12.0. The van der Waals surface area contributed by atoms with E-state index in [0.717, 1.165) is 58.7 Å². The second-order valence-electron chi connectivity index (χ2n) is 5.78. The van der Waals surface area contributed by atoms with Gasteiger partial charge in [-0.15, -0.1) is 11.3 Å². The Morgan fingerprint density at radius 1 is 1.28 bits per heavy atom. The van der Waals surface area contributed by atoms with Crippen LogP contribution < -0.4 is 15.4 Å². The molecule has 25 heavy (non-hydrogen) atoms. The topological polar surface area (TPSA) is 71.4 Å². The highest BCUT2D eigenvalue weighted by Gasteiger charge is 2.09. The summed E-state index contributed by atoms with van der Waals surface area (Å²) in [6, 6.07) is 0. The normalized spacial score (nSPS) is 11.5. The number of rotatable bonds is 7. The van der Waals surface area contributed by atoms with Gasteiger partial charge < -0.3 is 15.4 Å². The lowest BCUT2D eigenvalue weighted by Gasteiger charge is -2.13. The Bertz CT molecular complexity index is 726. The SMILES string of the molecule is CCNC(=NCc1ncc(C)c(OC)c1C)NCCc1csc(C)n1. The van der Waals surface area contributed by atoms with E-state index in [1.165, 1.54) is 0 Å². The number of aliphatic imine (C=N–C) groups is 1. The van der Waals surface area contributed by atoms with Crippen LogP contribution in [0, 0.1) is 20.8 Å². The Kier molecular flexibility index (Phi) is 7.18. The molecule has 0 saturated carbocycles. The van der Waals surface area contributed by atoms with Gasteiger partial charge in [0.05, 0.1) is 30.1 Å². The molecule has 0 radical (unpaired) electrons. The number of pyridine rings is 1. The number of guanidine groups is 1. The number of thiazole rings is 1. The molecule has 0 bridgehead atoms. The van der Waals surface area contributed by atoms with E-state index in [1.54, 1.807) is 18.4 Å². The molecule has 0 aliphatic heterocycles. The minimum Gasteiger partial charge on any atom is -0.496 e. The van der Waals surface area contributed by atoms with Crippen LogP contribution in [0.4, 0.5) is 0 Å². The standard InChI is InChI=1S/C18H27N5OS/c1-6-19-18(20-8-7-15-11-25-14(4)23-15)22-10-16-13(3)17(24-5)12(2)9-21-16/h9,11H,6-8,10H2,1-5H3,(H2,19,20,22). The molecule has 0 spiro atoms. The summed E-state index contributed by atoms with van der Waals surface area (Å²) in [5, 5.41) is 9.82. The molecule has 0 fully saturated rings. The molecule has 2 heterocycles. The number of ether oxygens (including phenoxy) is 1. The number of nitrogens with one attached hydrogen (secondary N) is 2. The number of methoxy groups -OCH3 is 1. The third kappa shape index (κ3) is 5.42. The fourth-order valence-electron chi connectivity index (χ4n) is 2.56. The van der Waals surface area contributed by atoms with Gasteiger partial charge in [0, 0.05) is 42.2 Å². The van der Waals surface area contributed by atoms with Gasteiger partial charge in [0.1, 0.15) is 5.75 Å². The summed E-state index contributed by atoms with van der Waals surface area (Å²) >= 11 is 1.68. The maximum absolute atomic E-state index is 5.46. The fourth-order valence-corrected chi connectivity index (χ4v) is 3.21. The first-order valence-electron chi connectivity index (χ1n) is 8.47. The van der Waals surface area contributed by atoms with Gasteiger partial charge in [-0.05, 0) is 27.7 Å². The van der Waals surface area contributed by atoms with Crippen LogP contribution in [0.3, 0.4) is 0 Å². The van der Waals surface area contributed by atoms with Crippen molar-refractivity contribution in [1.82, 2.24) is 20.6 Å². The van der Waals surface area contributed by atoms with E-state index >= 15 is 0 Å². The second-order valence-corrected chi connectivity index (χ2v) is 6.84. The predicted molar refractivity (Wildman–Crippen MR) is 104 cm³/mol. The molecule has 136 valence electrons. The zero-order valence-corrected chi connectivity index (χ0v) is 16.5. The van der Waals surface area contributed by atoms with E-state index < -0.39 is 0 Å². The lowest BCUT2D eigenvalue weighted by atomic mass is 10.1. The smallest absolute Gasteiger partial charge is 0.191 e. The highest BCUT2D eigenvalue weighted by atomic mass is 32.1. The molecule has 2 aromatic heterocycles. The van der Waals surface area contributed by atoms with Gasteiger partial charge in [0.25, 0.3) is 0 Å². The quantitative estimate of drug-likeness (QED) is 0.586. The van der Waals surface area contributed by atoms with Gasteiger partial charge in [0.2, 0.25) is 0 Å². The summed E-state index contributed by atoms with van der Waals surface area (Å²) in [6.45, 7) is 10.2. The zero-order chi connectivity index (χ0) is 18.2. The Morgan fingerprint density at radius 2 is 2.08 bits per heavy atom. The molecular formula is C18H27N5OS. The van der Waals surface area contributed by atoms with Crippen molar-refractivity contribution in [3.8, 4) is 5.75 Å². The van der Waals surface area contributed by atoms with Gasteiger partial charge >= 0.3 is 0 Å². The molecule has 6 nitrogen and oxygen atoms in total. The van der Waals surface area contributed by atoms with Gasteiger partial charge in [0.15, 0.2) is 5.96 Å². The van der Waals surface area contributed by atoms with Crippen molar-refractivity contribution in [2.75, 3.05) is 20.2 Å². The Morgan fingerprint density at radius 3 is 2.72 bits per heavy atom. The van der Waals surface area contributed by atoms with Crippen LogP contribution in [0.25, 0.3) is 0 Å². The molecule has 0 saturated heterocycles. The number of aryl methyl sites for hydroxylation is 2. The number of nitrogens with zero attached hydrogens (tertiary/aromatic N) is 3. The Balaban J connectivity index is 1.99. The summed E-state index contributed by atoms with van der Waals surface area (Å²) in [7, 11) is 1.69. The number of hydrogen-bond donors (Lipinski definition) is 2.